The Morgan fingerprint density at radius 3 is 2.32 bits per heavy atom. The molecule has 0 aliphatic rings. The lowest BCUT2D eigenvalue weighted by Gasteiger charge is -2.27. The highest BCUT2D eigenvalue weighted by atomic mass is 32.2. The van der Waals surface area contributed by atoms with E-state index in [1.807, 2.05) is 19.1 Å². The molecule has 0 aromatic heterocycles. The fourth-order valence-corrected chi connectivity index (χ4v) is 3.14. The molecule has 0 saturated heterocycles. The van der Waals surface area contributed by atoms with Crippen LogP contribution in [0.3, 0.4) is 0 Å². The Hall–Kier alpha value is -2.41. The van der Waals surface area contributed by atoms with Gasteiger partial charge in [0.05, 0.1) is 9.82 Å². The maximum atomic E-state index is 12.4. The molecule has 0 heterocycles. The standard InChI is InChI=1S/C15H15N2O4S/c1-3-12-6-4-5-11(2)15(12)16-22(20,21)14-9-7-13(8-10-14)17(18)19/h4-10H,3H2,1-2H3/q-1. The van der Waals surface area contributed by atoms with Gasteiger partial charge in [0.1, 0.15) is 10.0 Å². The first-order valence-electron chi connectivity index (χ1n) is 6.66. The summed E-state index contributed by atoms with van der Waals surface area (Å²) >= 11 is 0. The Morgan fingerprint density at radius 1 is 1.14 bits per heavy atom. The topological polar surface area (TPSA) is 91.4 Å². The normalized spacial score (nSPS) is 11.2. The Labute approximate surface area is 129 Å². The van der Waals surface area contributed by atoms with Crippen LogP contribution in [0.4, 0.5) is 11.4 Å². The van der Waals surface area contributed by atoms with Gasteiger partial charge >= 0.3 is 0 Å². The molecule has 0 amide bonds. The van der Waals surface area contributed by atoms with Crippen LogP contribution in [0.25, 0.3) is 4.72 Å². The van der Waals surface area contributed by atoms with Gasteiger partial charge in [-0.1, -0.05) is 36.2 Å². The number of benzene rings is 2. The molecule has 0 spiro atoms. The first kappa shape index (κ1) is 16.0. The van der Waals surface area contributed by atoms with Crippen molar-refractivity contribution in [1.82, 2.24) is 0 Å². The smallest absolute Gasteiger partial charge is 0.269 e. The van der Waals surface area contributed by atoms with Crippen LogP contribution in [0.2, 0.25) is 0 Å². The number of aryl methyl sites for hydroxylation is 2. The molecular formula is C15H15N2O4S-. The van der Waals surface area contributed by atoms with Crippen LogP contribution in [0.1, 0.15) is 18.1 Å². The minimum absolute atomic E-state index is 0.0663. The summed E-state index contributed by atoms with van der Waals surface area (Å²) in [6.07, 6.45) is 0.663. The molecule has 2 rings (SSSR count). The molecular weight excluding hydrogens is 304 g/mol. The zero-order chi connectivity index (χ0) is 16.3. The third kappa shape index (κ3) is 3.25. The maximum absolute atomic E-state index is 12.4. The largest absolute Gasteiger partial charge is 0.572 e. The molecule has 0 fully saturated rings. The Morgan fingerprint density at radius 2 is 1.77 bits per heavy atom. The minimum Gasteiger partial charge on any atom is -0.572 e. The third-order valence-electron chi connectivity index (χ3n) is 3.26. The number of hydrogen-bond donors (Lipinski definition) is 0. The summed E-state index contributed by atoms with van der Waals surface area (Å²) in [6, 6.07) is 10.2. The second-order valence-corrected chi connectivity index (χ2v) is 6.36. The molecule has 116 valence electrons. The quantitative estimate of drug-likeness (QED) is 0.618. The summed E-state index contributed by atoms with van der Waals surface area (Å²) in [4.78, 5) is 9.97. The molecule has 0 unspecified atom stereocenters. The molecule has 2 aromatic rings. The van der Waals surface area contributed by atoms with E-state index in [0.717, 1.165) is 23.3 Å². The monoisotopic (exact) mass is 319 g/mol. The Bertz CT molecular complexity index is 799. The first-order chi connectivity index (χ1) is 10.3. The van der Waals surface area contributed by atoms with Gasteiger partial charge in [0.15, 0.2) is 0 Å². The van der Waals surface area contributed by atoms with E-state index in [1.54, 1.807) is 13.0 Å². The number of nitrogens with zero attached hydrogens (tertiary/aromatic N) is 2. The van der Waals surface area contributed by atoms with Crippen molar-refractivity contribution >= 4 is 21.4 Å². The van der Waals surface area contributed by atoms with E-state index in [9.17, 15) is 18.5 Å². The van der Waals surface area contributed by atoms with Gasteiger partial charge in [-0.25, -0.2) is 8.42 Å². The summed E-state index contributed by atoms with van der Waals surface area (Å²) in [7, 11) is -3.91. The molecule has 0 bridgehead atoms. The molecule has 7 heteroatoms. The molecule has 2 aromatic carbocycles. The van der Waals surface area contributed by atoms with Crippen molar-refractivity contribution < 1.29 is 13.3 Å². The van der Waals surface area contributed by atoms with Gasteiger partial charge in [-0.15, -0.1) is 5.69 Å². The van der Waals surface area contributed by atoms with E-state index >= 15 is 0 Å². The summed E-state index contributed by atoms with van der Waals surface area (Å²) in [6.45, 7) is 3.72. The van der Waals surface area contributed by atoms with Crippen LogP contribution in [-0.4, -0.2) is 13.3 Å². The van der Waals surface area contributed by atoms with E-state index in [1.165, 1.54) is 12.1 Å². The summed E-state index contributed by atoms with van der Waals surface area (Å²) < 4.78 is 28.6. The minimum atomic E-state index is -3.91. The average molecular weight is 319 g/mol. The number of rotatable bonds is 5. The second-order valence-electron chi connectivity index (χ2n) is 4.75. The van der Waals surface area contributed by atoms with Crippen molar-refractivity contribution in [2.75, 3.05) is 0 Å². The number of non-ortho nitro benzene ring substituents is 1. The highest BCUT2D eigenvalue weighted by Crippen LogP contribution is 2.34. The van der Waals surface area contributed by atoms with Crippen LogP contribution in [0, 0.1) is 17.0 Å². The predicted molar refractivity (Wildman–Crippen MR) is 83.9 cm³/mol. The molecule has 0 N–H and O–H groups in total. The lowest BCUT2D eigenvalue weighted by atomic mass is 10.1. The van der Waals surface area contributed by atoms with E-state index in [-0.39, 0.29) is 10.6 Å². The van der Waals surface area contributed by atoms with Gasteiger partial charge in [-0.3, -0.25) is 10.1 Å². The second kappa shape index (κ2) is 6.15. The maximum Gasteiger partial charge on any atom is 0.269 e. The molecule has 6 nitrogen and oxygen atoms in total. The van der Waals surface area contributed by atoms with Gasteiger partial charge in [0, 0.05) is 12.1 Å². The molecule has 0 aliphatic carbocycles. The fraction of sp³-hybridized carbons (Fsp3) is 0.200. The van der Waals surface area contributed by atoms with Crippen molar-refractivity contribution in [2.24, 2.45) is 0 Å². The van der Waals surface area contributed by atoms with Gasteiger partial charge < -0.3 is 4.72 Å². The lowest BCUT2D eigenvalue weighted by molar-refractivity contribution is -0.384. The van der Waals surface area contributed by atoms with Crippen molar-refractivity contribution in [3.63, 3.8) is 0 Å². The molecule has 22 heavy (non-hydrogen) atoms. The van der Waals surface area contributed by atoms with Gasteiger partial charge in [-0.05, 0) is 25.5 Å². The van der Waals surface area contributed by atoms with Crippen LogP contribution >= 0.6 is 0 Å². The molecule has 0 aliphatic heterocycles. The molecule has 0 atom stereocenters. The van der Waals surface area contributed by atoms with Crippen molar-refractivity contribution in [1.29, 1.82) is 0 Å². The van der Waals surface area contributed by atoms with Gasteiger partial charge in [0.25, 0.3) is 5.69 Å². The van der Waals surface area contributed by atoms with E-state index < -0.39 is 14.9 Å². The Kier molecular flexibility index (Phi) is 4.46. The fourth-order valence-electron chi connectivity index (χ4n) is 2.05. The van der Waals surface area contributed by atoms with E-state index in [2.05, 4.69) is 4.72 Å². The zero-order valence-corrected chi connectivity index (χ0v) is 13.0. The summed E-state index contributed by atoms with van der Waals surface area (Å²) in [5, 5.41) is 10.6. The van der Waals surface area contributed by atoms with Gasteiger partial charge in [-0.2, -0.15) is 0 Å². The highest BCUT2D eigenvalue weighted by Gasteiger charge is 2.10. The van der Waals surface area contributed by atoms with Crippen LogP contribution < -0.4 is 0 Å². The van der Waals surface area contributed by atoms with Crippen LogP contribution in [0.5, 0.6) is 0 Å². The van der Waals surface area contributed by atoms with Crippen molar-refractivity contribution in [2.45, 2.75) is 25.2 Å². The lowest BCUT2D eigenvalue weighted by Crippen LogP contribution is -2.00. The molecule has 0 saturated carbocycles. The average Bonchev–Trinajstić information content (AvgIpc) is 2.49. The van der Waals surface area contributed by atoms with E-state index in [4.69, 9.17) is 0 Å². The SMILES string of the molecule is CCc1cccc(C)c1[N-]S(=O)(=O)c1ccc([N+](=O)[O-])cc1. The predicted octanol–water partition coefficient (Wildman–Crippen LogP) is 3.86. The number of nitro groups is 1. The number of nitro benzene ring substituents is 1. The summed E-state index contributed by atoms with van der Waals surface area (Å²) in [5.74, 6) is 0. The number of sulfonamides is 1. The van der Waals surface area contributed by atoms with Crippen LogP contribution in [0.15, 0.2) is 47.4 Å². The van der Waals surface area contributed by atoms with Gasteiger partial charge in [0.2, 0.25) is 0 Å². The zero-order valence-electron chi connectivity index (χ0n) is 12.2. The number of hydrogen-bond acceptors (Lipinski definition) is 4. The Balaban J connectivity index is 2.38. The van der Waals surface area contributed by atoms with E-state index in [0.29, 0.717) is 12.1 Å². The van der Waals surface area contributed by atoms with Crippen molar-refractivity contribution in [3.05, 3.63) is 68.4 Å². The summed E-state index contributed by atoms with van der Waals surface area (Å²) in [5.41, 5.74) is 1.88. The first-order valence-corrected chi connectivity index (χ1v) is 8.10. The van der Waals surface area contributed by atoms with Crippen molar-refractivity contribution in [3.8, 4) is 0 Å². The molecule has 0 radical (unpaired) electrons. The highest BCUT2D eigenvalue weighted by molar-refractivity contribution is 7.94. The van der Waals surface area contributed by atoms with Crippen LogP contribution in [-0.2, 0) is 16.4 Å². The third-order valence-corrected chi connectivity index (χ3v) is 4.55.